The number of amides is 1. The van der Waals surface area contributed by atoms with E-state index in [9.17, 15) is 4.79 Å². The molecule has 5 nitrogen and oxygen atoms in total. The van der Waals surface area contributed by atoms with Crippen LogP contribution in [-0.2, 0) is 14.4 Å². The van der Waals surface area contributed by atoms with Gasteiger partial charge in [-0.1, -0.05) is 0 Å². The number of hydroxylamine groups is 1. The molecule has 5 heteroatoms. The summed E-state index contributed by atoms with van der Waals surface area (Å²) < 4.78 is 5.30. The van der Waals surface area contributed by atoms with Crippen molar-refractivity contribution in [3.05, 3.63) is 30.1 Å². The minimum absolute atomic E-state index is 0.0501. The first-order chi connectivity index (χ1) is 8.72. The third-order valence-electron chi connectivity index (χ3n) is 3.87. The molecule has 1 aromatic heterocycles. The van der Waals surface area contributed by atoms with E-state index >= 15 is 0 Å². The van der Waals surface area contributed by atoms with Crippen molar-refractivity contribution in [2.75, 3.05) is 13.2 Å². The molecule has 0 aromatic carbocycles. The Balaban J connectivity index is 1.54. The molecular weight excluding hydrogens is 232 g/mol. The number of carbonyl (C=O) groups excluding carboxylic acids is 1. The molecule has 1 N–H and O–H groups in total. The van der Waals surface area contributed by atoms with Crippen LogP contribution in [0.2, 0.25) is 0 Å². The largest absolute Gasteiger partial charge is 0.380 e. The molecule has 0 bridgehead atoms. The van der Waals surface area contributed by atoms with Crippen LogP contribution in [0.3, 0.4) is 0 Å². The summed E-state index contributed by atoms with van der Waals surface area (Å²) in [6.45, 7) is 3.12. The van der Waals surface area contributed by atoms with Crippen molar-refractivity contribution in [3.63, 3.8) is 0 Å². The predicted molar refractivity (Wildman–Crippen MR) is 63.2 cm³/mol. The Morgan fingerprint density at radius 2 is 2.39 bits per heavy atom. The highest BCUT2D eigenvalue weighted by Gasteiger charge is 2.63. The highest BCUT2D eigenvalue weighted by atomic mass is 16.7. The van der Waals surface area contributed by atoms with Crippen LogP contribution in [0.5, 0.6) is 0 Å². The van der Waals surface area contributed by atoms with Crippen molar-refractivity contribution in [2.24, 2.45) is 11.3 Å². The Kier molecular flexibility index (Phi) is 2.80. The minimum atomic E-state index is -0.308. The molecule has 0 spiro atoms. The SMILES string of the molecule is C[C@H](ONC(=O)[C@@]12COC[C@@H]1C2)c1ccncc1. The lowest BCUT2D eigenvalue weighted by molar-refractivity contribution is -0.144. The molecular formula is C13H16N2O3. The number of rotatable bonds is 4. The van der Waals surface area contributed by atoms with Gasteiger partial charge in [-0.25, -0.2) is 5.48 Å². The maximum Gasteiger partial charge on any atom is 0.252 e. The van der Waals surface area contributed by atoms with Crippen LogP contribution in [-0.4, -0.2) is 24.1 Å². The summed E-state index contributed by atoms with van der Waals surface area (Å²) in [6, 6.07) is 3.74. The average Bonchev–Trinajstić information content (AvgIpc) is 2.99. The number of hydrogen-bond donors (Lipinski definition) is 1. The molecule has 0 unspecified atom stereocenters. The summed E-state index contributed by atoms with van der Waals surface area (Å²) in [6.07, 6.45) is 4.15. The van der Waals surface area contributed by atoms with Crippen LogP contribution in [0.1, 0.15) is 25.0 Å². The molecule has 3 rings (SSSR count). The van der Waals surface area contributed by atoms with E-state index in [-0.39, 0.29) is 17.4 Å². The second kappa shape index (κ2) is 4.33. The Labute approximate surface area is 105 Å². The van der Waals surface area contributed by atoms with Crippen molar-refractivity contribution in [3.8, 4) is 0 Å². The van der Waals surface area contributed by atoms with Crippen LogP contribution in [0.25, 0.3) is 0 Å². The van der Waals surface area contributed by atoms with Crippen LogP contribution >= 0.6 is 0 Å². The summed E-state index contributed by atoms with van der Waals surface area (Å²) in [5.74, 6) is 0.336. The molecule has 0 radical (unpaired) electrons. The highest BCUT2D eigenvalue weighted by Crippen LogP contribution is 2.56. The number of aromatic nitrogens is 1. The predicted octanol–water partition coefficient (Wildman–Crippen LogP) is 1.23. The lowest BCUT2D eigenvalue weighted by Crippen LogP contribution is -2.34. The van der Waals surface area contributed by atoms with Crippen LogP contribution in [0.15, 0.2) is 24.5 Å². The molecule has 1 aliphatic carbocycles. The fourth-order valence-electron chi connectivity index (χ4n) is 2.45. The van der Waals surface area contributed by atoms with E-state index in [1.54, 1.807) is 12.4 Å². The van der Waals surface area contributed by atoms with E-state index in [2.05, 4.69) is 10.5 Å². The zero-order valence-electron chi connectivity index (χ0n) is 10.3. The van der Waals surface area contributed by atoms with Gasteiger partial charge in [0.05, 0.1) is 18.6 Å². The van der Waals surface area contributed by atoms with Crippen LogP contribution in [0, 0.1) is 11.3 Å². The van der Waals surface area contributed by atoms with Gasteiger partial charge in [0, 0.05) is 18.3 Å². The van der Waals surface area contributed by atoms with Gasteiger partial charge in [-0.05, 0) is 31.0 Å². The van der Waals surface area contributed by atoms with Crippen LogP contribution in [0.4, 0.5) is 0 Å². The molecule has 18 heavy (non-hydrogen) atoms. The molecule has 96 valence electrons. The number of nitrogens with one attached hydrogen (secondary N) is 1. The Bertz CT molecular complexity index is 451. The van der Waals surface area contributed by atoms with Crippen molar-refractivity contribution in [1.29, 1.82) is 0 Å². The summed E-state index contributed by atoms with van der Waals surface area (Å²) in [5, 5.41) is 0. The summed E-state index contributed by atoms with van der Waals surface area (Å²) in [4.78, 5) is 21.4. The molecule has 1 saturated carbocycles. The lowest BCUT2D eigenvalue weighted by Gasteiger charge is -2.16. The van der Waals surface area contributed by atoms with E-state index in [1.807, 2.05) is 19.1 Å². The van der Waals surface area contributed by atoms with Gasteiger partial charge in [0.15, 0.2) is 0 Å². The topological polar surface area (TPSA) is 60.5 Å². The first-order valence-corrected chi connectivity index (χ1v) is 6.16. The first-order valence-electron chi connectivity index (χ1n) is 6.16. The maximum atomic E-state index is 12.0. The number of carbonyl (C=O) groups is 1. The first kappa shape index (κ1) is 11.6. The smallest absolute Gasteiger partial charge is 0.252 e. The van der Waals surface area contributed by atoms with Crippen LogP contribution < -0.4 is 5.48 Å². The number of hydrogen-bond acceptors (Lipinski definition) is 4. The number of fused-ring (bicyclic) bond motifs is 1. The van der Waals surface area contributed by atoms with Gasteiger partial charge in [-0.2, -0.15) is 0 Å². The zero-order valence-corrected chi connectivity index (χ0v) is 10.3. The monoisotopic (exact) mass is 248 g/mol. The Morgan fingerprint density at radius 3 is 3.00 bits per heavy atom. The van der Waals surface area contributed by atoms with Crippen molar-refractivity contribution in [2.45, 2.75) is 19.4 Å². The molecule has 1 amide bonds. The third kappa shape index (κ3) is 1.89. The van der Waals surface area contributed by atoms with Gasteiger partial charge in [-0.15, -0.1) is 0 Å². The minimum Gasteiger partial charge on any atom is -0.380 e. The molecule has 1 aliphatic heterocycles. The van der Waals surface area contributed by atoms with Crippen molar-refractivity contribution >= 4 is 5.91 Å². The standard InChI is InChI=1S/C13H16N2O3/c1-9(10-2-4-14-5-3-10)18-15-12(16)13-6-11(13)7-17-8-13/h2-5,9,11H,6-8H2,1H3,(H,15,16)/t9-,11-,13-/m0/s1. The Morgan fingerprint density at radius 1 is 1.61 bits per heavy atom. The lowest BCUT2D eigenvalue weighted by atomic mass is 10.1. The van der Waals surface area contributed by atoms with E-state index in [0.717, 1.165) is 12.0 Å². The van der Waals surface area contributed by atoms with Gasteiger partial charge in [0.1, 0.15) is 6.10 Å². The maximum absolute atomic E-state index is 12.0. The second-order valence-electron chi connectivity index (χ2n) is 5.04. The summed E-state index contributed by atoms with van der Waals surface area (Å²) in [5.41, 5.74) is 3.24. The average molecular weight is 248 g/mol. The quantitative estimate of drug-likeness (QED) is 0.814. The van der Waals surface area contributed by atoms with E-state index in [4.69, 9.17) is 9.57 Å². The number of ether oxygens (including phenoxy) is 1. The third-order valence-corrected chi connectivity index (χ3v) is 3.87. The normalized spacial score (nSPS) is 30.6. The number of nitrogens with zero attached hydrogens (tertiary/aromatic N) is 1. The van der Waals surface area contributed by atoms with Gasteiger partial charge in [0.2, 0.25) is 0 Å². The fraction of sp³-hybridized carbons (Fsp3) is 0.538. The molecule has 3 atom stereocenters. The fourth-order valence-corrected chi connectivity index (χ4v) is 2.45. The second-order valence-corrected chi connectivity index (χ2v) is 5.04. The summed E-state index contributed by atoms with van der Waals surface area (Å²) >= 11 is 0. The molecule has 2 heterocycles. The van der Waals surface area contributed by atoms with Crippen molar-refractivity contribution in [1.82, 2.24) is 10.5 Å². The van der Waals surface area contributed by atoms with Gasteiger partial charge >= 0.3 is 0 Å². The van der Waals surface area contributed by atoms with Gasteiger partial charge in [-0.3, -0.25) is 14.6 Å². The highest BCUT2D eigenvalue weighted by molar-refractivity contribution is 5.85. The summed E-state index contributed by atoms with van der Waals surface area (Å²) in [7, 11) is 0. The molecule has 2 aliphatic rings. The number of pyridine rings is 1. The van der Waals surface area contributed by atoms with Crippen molar-refractivity contribution < 1.29 is 14.4 Å². The van der Waals surface area contributed by atoms with E-state index in [0.29, 0.717) is 19.1 Å². The van der Waals surface area contributed by atoms with E-state index in [1.165, 1.54) is 0 Å². The zero-order chi connectivity index (χ0) is 12.6. The molecule has 1 saturated heterocycles. The van der Waals surface area contributed by atoms with E-state index < -0.39 is 0 Å². The molecule has 1 aromatic rings. The molecule has 2 fully saturated rings. The van der Waals surface area contributed by atoms with Gasteiger partial charge < -0.3 is 4.74 Å². The van der Waals surface area contributed by atoms with Gasteiger partial charge in [0.25, 0.3) is 5.91 Å². The Hall–Kier alpha value is -1.46.